The van der Waals surface area contributed by atoms with Crippen molar-refractivity contribution < 1.29 is 28.5 Å². The predicted molar refractivity (Wildman–Crippen MR) is 242 cm³/mol. The first-order chi connectivity index (χ1) is 28.1. The van der Waals surface area contributed by atoms with E-state index < -0.39 is 0 Å². The van der Waals surface area contributed by atoms with Gasteiger partial charge in [0.1, 0.15) is 13.4 Å². The minimum atomic E-state index is -0.0529. The van der Waals surface area contributed by atoms with E-state index in [1.807, 2.05) is 0 Å². The van der Waals surface area contributed by atoms with E-state index in [-0.39, 0.29) is 18.5 Å². The molecule has 1 N–H and O–H groups in total. The van der Waals surface area contributed by atoms with Crippen molar-refractivity contribution in [1.82, 2.24) is 10.2 Å². The van der Waals surface area contributed by atoms with Crippen LogP contribution in [0.15, 0.2) is 0 Å². The van der Waals surface area contributed by atoms with E-state index in [9.17, 15) is 9.59 Å². The number of hydrogen-bond acceptors (Lipinski definition) is 7. The molecule has 340 valence electrons. The van der Waals surface area contributed by atoms with Crippen LogP contribution in [0.4, 0.5) is 0 Å². The maximum absolute atomic E-state index is 12.2. The summed E-state index contributed by atoms with van der Waals surface area (Å²) in [5.41, 5.74) is 0. The van der Waals surface area contributed by atoms with Gasteiger partial charge in [0, 0.05) is 26.7 Å². The Hall–Kier alpha value is -1.22. The van der Waals surface area contributed by atoms with Crippen molar-refractivity contribution in [2.75, 3.05) is 59.9 Å². The Morgan fingerprint density at radius 2 is 0.947 bits per heavy atom. The zero-order chi connectivity index (χ0) is 41.5. The molecule has 0 atom stereocenters. The van der Waals surface area contributed by atoms with Gasteiger partial charge in [-0.3, -0.25) is 9.59 Å². The highest BCUT2D eigenvalue weighted by atomic mass is 16.7. The third-order valence-corrected chi connectivity index (χ3v) is 11.3. The highest BCUT2D eigenvalue weighted by Gasteiger charge is 2.10. The molecule has 0 aromatic carbocycles. The molecule has 0 saturated heterocycles. The van der Waals surface area contributed by atoms with E-state index in [0.717, 1.165) is 71.2 Å². The summed E-state index contributed by atoms with van der Waals surface area (Å²) in [6.07, 6.45) is 42.0. The number of unbranched alkanes of at least 4 members (excludes halogenated alkanes) is 25. The first kappa shape index (κ1) is 55.8. The lowest BCUT2D eigenvalue weighted by Gasteiger charge is -2.22. The van der Waals surface area contributed by atoms with Crippen LogP contribution in [0.5, 0.6) is 0 Å². The van der Waals surface area contributed by atoms with Crippen molar-refractivity contribution >= 4 is 11.9 Å². The molecule has 0 aliphatic heterocycles. The smallest absolute Gasteiger partial charge is 0.305 e. The van der Waals surface area contributed by atoms with Crippen molar-refractivity contribution in [3.63, 3.8) is 0 Å². The van der Waals surface area contributed by atoms with Gasteiger partial charge in [-0.1, -0.05) is 181 Å². The third-order valence-electron chi connectivity index (χ3n) is 11.3. The van der Waals surface area contributed by atoms with Crippen molar-refractivity contribution in [3.05, 3.63) is 0 Å². The SMILES string of the molecule is CCCCCCCCCCCOC(=O)CCCCCN(CCCCCCCCOCOC(CCCCCCCC)CCCCCCCC)CCCNC(=O)COC. The molecule has 8 nitrogen and oxygen atoms in total. The van der Waals surface area contributed by atoms with Gasteiger partial charge in [0.2, 0.25) is 5.91 Å². The van der Waals surface area contributed by atoms with E-state index in [1.165, 1.54) is 167 Å². The first-order valence-corrected chi connectivity index (χ1v) is 24.9. The Bertz CT molecular complexity index is 799. The summed E-state index contributed by atoms with van der Waals surface area (Å²) >= 11 is 0. The molecule has 0 heterocycles. The highest BCUT2D eigenvalue weighted by Crippen LogP contribution is 2.17. The van der Waals surface area contributed by atoms with E-state index >= 15 is 0 Å². The summed E-state index contributed by atoms with van der Waals surface area (Å²) in [6.45, 7) is 12.5. The molecule has 0 saturated carbocycles. The van der Waals surface area contributed by atoms with E-state index in [0.29, 0.717) is 32.5 Å². The molecule has 0 spiro atoms. The molecule has 57 heavy (non-hydrogen) atoms. The van der Waals surface area contributed by atoms with Gasteiger partial charge in [0.25, 0.3) is 0 Å². The number of carbonyl (C=O) groups is 2. The summed E-state index contributed by atoms with van der Waals surface area (Å²) in [6, 6.07) is 0. The normalized spacial score (nSPS) is 11.6. The van der Waals surface area contributed by atoms with Gasteiger partial charge in [-0.25, -0.2) is 0 Å². The molecule has 0 aromatic heterocycles. The number of methoxy groups -OCH3 is 1. The zero-order valence-electron chi connectivity index (χ0n) is 38.7. The molecule has 0 rings (SSSR count). The van der Waals surface area contributed by atoms with Crippen molar-refractivity contribution in [3.8, 4) is 0 Å². The molecule has 0 bridgehead atoms. The highest BCUT2D eigenvalue weighted by molar-refractivity contribution is 5.77. The maximum Gasteiger partial charge on any atom is 0.305 e. The zero-order valence-corrected chi connectivity index (χ0v) is 38.7. The lowest BCUT2D eigenvalue weighted by atomic mass is 10.0. The number of esters is 1. The Kier molecular flexibility index (Phi) is 46.4. The molecule has 0 aliphatic carbocycles. The van der Waals surface area contributed by atoms with Crippen LogP contribution in [0, 0.1) is 0 Å². The Morgan fingerprint density at radius 3 is 1.47 bits per heavy atom. The molecule has 0 aliphatic rings. The van der Waals surface area contributed by atoms with Crippen LogP contribution in [0.3, 0.4) is 0 Å². The summed E-state index contributed by atoms with van der Waals surface area (Å²) in [4.78, 5) is 26.6. The molecule has 0 radical (unpaired) electrons. The number of nitrogens with one attached hydrogen (secondary N) is 1. The minimum Gasteiger partial charge on any atom is -0.466 e. The van der Waals surface area contributed by atoms with Crippen LogP contribution in [-0.4, -0.2) is 82.8 Å². The Morgan fingerprint density at radius 1 is 0.509 bits per heavy atom. The predicted octanol–water partition coefficient (Wildman–Crippen LogP) is 13.3. The Balaban J connectivity index is 4.17. The second kappa shape index (κ2) is 47.5. The van der Waals surface area contributed by atoms with E-state index in [2.05, 4.69) is 31.0 Å². The fourth-order valence-electron chi connectivity index (χ4n) is 7.57. The quantitative estimate of drug-likeness (QED) is 0.0372. The van der Waals surface area contributed by atoms with Gasteiger partial charge in [0.15, 0.2) is 0 Å². The van der Waals surface area contributed by atoms with Gasteiger partial charge < -0.3 is 29.2 Å². The monoisotopic (exact) mass is 811 g/mol. The second-order valence-corrected chi connectivity index (χ2v) is 16.9. The van der Waals surface area contributed by atoms with E-state index in [1.54, 1.807) is 7.11 Å². The van der Waals surface area contributed by atoms with Crippen LogP contribution in [-0.2, 0) is 28.5 Å². The largest absolute Gasteiger partial charge is 0.466 e. The lowest BCUT2D eigenvalue weighted by molar-refractivity contribution is -0.143. The average molecular weight is 811 g/mol. The molecule has 1 amide bonds. The minimum absolute atomic E-state index is 0.0376. The second-order valence-electron chi connectivity index (χ2n) is 16.9. The van der Waals surface area contributed by atoms with Crippen LogP contribution < -0.4 is 5.32 Å². The number of nitrogens with zero attached hydrogens (tertiary/aromatic N) is 1. The maximum atomic E-state index is 12.2. The average Bonchev–Trinajstić information content (AvgIpc) is 3.21. The van der Waals surface area contributed by atoms with Gasteiger partial charge in [-0.05, 0) is 71.0 Å². The van der Waals surface area contributed by atoms with Crippen LogP contribution in [0.1, 0.15) is 239 Å². The number of hydrogen-bond donors (Lipinski definition) is 1. The first-order valence-electron chi connectivity index (χ1n) is 24.9. The van der Waals surface area contributed by atoms with Gasteiger partial charge >= 0.3 is 5.97 Å². The van der Waals surface area contributed by atoms with Crippen molar-refractivity contribution in [2.24, 2.45) is 0 Å². The number of rotatable bonds is 48. The van der Waals surface area contributed by atoms with Gasteiger partial charge in [0.05, 0.1) is 12.7 Å². The molecule has 0 fully saturated rings. The summed E-state index contributed by atoms with van der Waals surface area (Å²) in [7, 11) is 1.55. The van der Waals surface area contributed by atoms with E-state index in [4.69, 9.17) is 18.9 Å². The topological polar surface area (TPSA) is 86.3 Å². The molecular formula is C49H98N2O6. The third kappa shape index (κ3) is 44.2. The molecule has 8 heteroatoms. The van der Waals surface area contributed by atoms with Crippen LogP contribution >= 0.6 is 0 Å². The Labute approximate surface area is 354 Å². The van der Waals surface area contributed by atoms with Gasteiger partial charge in [-0.15, -0.1) is 0 Å². The van der Waals surface area contributed by atoms with Crippen molar-refractivity contribution in [2.45, 2.75) is 245 Å². The number of ether oxygens (including phenoxy) is 4. The van der Waals surface area contributed by atoms with Gasteiger partial charge in [-0.2, -0.15) is 0 Å². The molecule has 0 aromatic rings. The molecular weight excluding hydrogens is 713 g/mol. The number of amides is 1. The summed E-state index contributed by atoms with van der Waals surface area (Å²) in [5.74, 6) is -0.0905. The number of carbonyl (C=O) groups excluding carboxylic acids is 2. The van der Waals surface area contributed by atoms with Crippen LogP contribution in [0.25, 0.3) is 0 Å². The lowest BCUT2D eigenvalue weighted by Crippen LogP contribution is -2.32. The standard InChI is InChI=1S/C49H98N2O6/c1-5-8-11-14-17-18-20-26-34-44-56-49(53)38-30-27-32-41-51(42-35-39-50-48(52)45-54-4)40-31-24-19-21-25-33-43-55-46-57-47(36-28-22-15-12-9-6-2)37-29-23-16-13-10-7-3/h47H,5-46H2,1-4H3,(H,50,52). The summed E-state index contributed by atoms with van der Waals surface area (Å²) < 4.78 is 22.6. The fraction of sp³-hybridized carbons (Fsp3) is 0.959. The summed E-state index contributed by atoms with van der Waals surface area (Å²) in [5, 5.41) is 2.95. The molecule has 0 unspecified atom stereocenters. The van der Waals surface area contributed by atoms with Crippen molar-refractivity contribution in [1.29, 1.82) is 0 Å². The van der Waals surface area contributed by atoms with Crippen LogP contribution in [0.2, 0.25) is 0 Å². The fourth-order valence-corrected chi connectivity index (χ4v) is 7.57.